The molecule has 0 radical (unpaired) electrons. The van der Waals surface area contributed by atoms with Crippen LogP contribution in [0.15, 0.2) is 53.5 Å². The maximum atomic E-state index is 14.4. The molecule has 0 aromatic heterocycles. The number of anilines is 1. The molecule has 35 heavy (non-hydrogen) atoms. The molecule has 10 heteroatoms. The van der Waals surface area contributed by atoms with Crippen LogP contribution in [0.5, 0.6) is 17.2 Å². The fraction of sp³-hybridized carbons (Fsp3) is 0.240. The highest BCUT2D eigenvalue weighted by atomic mass is 19.1. The van der Waals surface area contributed by atoms with Gasteiger partial charge in [-0.05, 0) is 35.7 Å². The number of halogens is 2. The summed E-state index contributed by atoms with van der Waals surface area (Å²) in [7, 11) is 4.47. The number of non-ortho nitro benzene ring substituents is 1. The number of hydrogen-bond donors (Lipinski definition) is 1. The first-order valence-corrected chi connectivity index (χ1v) is 10.7. The summed E-state index contributed by atoms with van der Waals surface area (Å²) in [5.74, 6) is -0.103. The number of nitro benzene ring substituents is 1. The molecule has 0 fully saturated rings. The summed E-state index contributed by atoms with van der Waals surface area (Å²) >= 11 is 0. The quantitative estimate of drug-likeness (QED) is 0.371. The molecule has 0 bridgehead atoms. The lowest BCUT2D eigenvalue weighted by Gasteiger charge is -2.29. The normalized spacial score (nSPS) is 14.5. The van der Waals surface area contributed by atoms with Crippen LogP contribution in [0.1, 0.15) is 22.6 Å². The van der Waals surface area contributed by atoms with Gasteiger partial charge in [0.15, 0.2) is 11.5 Å². The average Bonchev–Trinajstić information content (AvgIpc) is 2.85. The first kappa shape index (κ1) is 23.9. The van der Waals surface area contributed by atoms with Gasteiger partial charge in [-0.2, -0.15) is 0 Å². The fourth-order valence-electron chi connectivity index (χ4n) is 4.15. The van der Waals surface area contributed by atoms with Gasteiger partial charge in [-0.1, -0.05) is 12.1 Å². The lowest BCUT2D eigenvalue weighted by Crippen LogP contribution is -2.26. The van der Waals surface area contributed by atoms with Crippen LogP contribution in [0.25, 0.3) is 0 Å². The Labute approximate surface area is 200 Å². The van der Waals surface area contributed by atoms with Gasteiger partial charge in [0, 0.05) is 30.7 Å². The van der Waals surface area contributed by atoms with Crippen molar-refractivity contribution < 1.29 is 27.9 Å². The van der Waals surface area contributed by atoms with E-state index in [-0.39, 0.29) is 17.3 Å². The molecule has 0 saturated heterocycles. The first-order valence-electron chi connectivity index (χ1n) is 10.7. The Bertz CT molecular complexity index is 1300. The third-order valence-electron chi connectivity index (χ3n) is 5.82. The van der Waals surface area contributed by atoms with E-state index in [1.807, 2.05) is 6.07 Å². The SMILES string of the molecule is COc1cc2c(c(OC)c1OC)C(Nc1ccc(F)cc1F)=NCC2Cc1ccc([N+](=O)[O-])cc1. The summed E-state index contributed by atoms with van der Waals surface area (Å²) in [6.07, 6.45) is 0.533. The van der Waals surface area contributed by atoms with Crippen LogP contribution >= 0.6 is 0 Å². The Hall–Kier alpha value is -4.21. The summed E-state index contributed by atoms with van der Waals surface area (Å²) in [5.41, 5.74) is 2.33. The minimum Gasteiger partial charge on any atom is -0.493 e. The second-order valence-corrected chi connectivity index (χ2v) is 7.87. The van der Waals surface area contributed by atoms with E-state index in [9.17, 15) is 18.9 Å². The van der Waals surface area contributed by atoms with Crippen LogP contribution in [-0.4, -0.2) is 38.6 Å². The minimum atomic E-state index is -0.762. The van der Waals surface area contributed by atoms with Crippen LogP contribution in [0.3, 0.4) is 0 Å². The minimum absolute atomic E-state index is 0.0108. The predicted octanol–water partition coefficient (Wildman–Crippen LogP) is 5.10. The summed E-state index contributed by atoms with van der Waals surface area (Å²) in [5, 5.41) is 13.9. The Morgan fingerprint density at radius 1 is 1.03 bits per heavy atom. The number of benzene rings is 3. The highest BCUT2D eigenvalue weighted by Crippen LogP contribution is 2.46. The van der Waals surface area contributed by atoms with Crippen molar-refractivity contribution in [3.8, 4) is 17.2 Å². The Kier molecular flexibility index (Phi) is 6.81. The van der Waals surface area contributed by atoms with Gasteiger partial charge in [0.25, 0.3) is 5.69 Å². The van der Waals surface area contributed by atoms with E-state index in [0.29, 0.717) is 41.6 Å². The maximum Gasteiger partial charge on any atom is 0.269 e. The van der Waals surface area contributed by atoms with Crippen LogP contribution in [0, 0.1) is 21.7 Å². The van der Waals surface area contributed by atoms with E-state index in [1.165, 1.54) is 39.5 Å². The van der Waals surface area contributed by atoms with Crippen molar-refractivity contribution in [2.24, 2.45) is 4.99 Å². The predicted molar refractivity (Wildman–Crippen MR) is 127 cm³/mol. The standard InChI is InChI=1S/C25H23F2N3O5/c1-33-21-12-18-15(10-14-4-7-17(8-5-14)30(31)32)13-28-25(22(18)24(35-3)23(21)34-2)29-20-9-6-16(26)11-19(20)27/h4-9,11-12,15H,10,13H2,1-3H3,(H,28,29). The van der Waals surface area contributed by atoms with Crippen molar-refractivity contribution >= 4 is 17.2 Å². The maximum absolute atomic E-state index is 14.4. The fourth-order valence-corrected chi connectivity index (χ4v) is 4.15. The largest absolute Gasteiger partial charge is 0.493 e. The number of ether oxygens (including phenoxy) is 3. The van der Waals surface area contributed by atoms with E-state index >= 15 is 0 Å². The Morgan fingerprint density at radius 3 is 2.34 bits per heavy atom. The number of rotatable bonds is 7. The molecular weight excluding hydrogens is 460 g/mol. The van der Waals surface area contributed by atoms with Crippen LogP contribution in [0.4, 0.5) is 20.2 Å². The van der Waals surface area contributed by atoms with E-state index in [4.69, 9.17) is 14.2 Å². The van der Waals surface area contributed by atoms with Crippen LogP contribution in [-0.2, 0) is 6.42 Å². The molecule has 0 aliphatic carbocycles. The second kappa shape index (κ2) is 9.96. The van der Waals surface area contributed by atoms with Crippen molar-refractivity contribution in [3.63, 3.8) is 0 Å². The number of hydrogen-bond acceptors (Lipinski definition) is 7. The lowest BCUT2D eigenvalue weighted by atomic mass is 9.85. The van der Waals surface area contributed by atoms with Gasteiger partial charge in [0.1, 0.15) is 17.5 Å². The van der Waals surface area contributed by atoms with Crippen molar-refractivity contribution in [3.05, 3.63) is 87.0 Å². The highest BCUT2D eigenvalue weighted by Gasteiger charge is 2.31. The topological polar surface area (TPSA) is 95.2 Å². The third kappa shape index (κ3) is 4.72. The highest BCUT2D eigenvalue weighted by molar-refractivity contribution is 6.12. The molecule has 1 aliphatic rings. The second-order valence-electron chi connectivity index (χ2n) is 7.87. The summed E-state index contributed by atoms with van der Waals surface area (Å²) in [6, 6.07) is 11.4. The Balaban J connectivity index is 1.79. The van der Waals surface area contributed by atoms with E-state index < -0.39 is 16.6 Å². The zero-order valence-corrected chi connectivity index (χ0v) is 19.3. The molecular formula is C25H23F2N3O5. The monoisotopic (exact) mass is 483 g/mol. The number of nitro groups is 1. The molecule has 4 rings (SSSR count). The van der Waals surface area contributed by atoms with Gasteiger partial charge in [-0.15, -0.1) is 0 Å². The van der Waals surface area contributed by atoms with Crippen molar-refractivity contribution in [1.82, 2.24) is 0 Å². The summed E-state index contributed by atoms with van der Waals surface area (Å²) in [6.45, 7) is 0.341. The molecule has 1 aliphatic heterocycles. The zero-order valence-electron chi connectivity index (χ0n) is 19.3. The molecule has 3 aromatic carbocycles. The van der Waals surface area contributed by atoms with Gasteiger partial charge >= 0.3 is 0 Å². The molecule has 0 amide bonds. The molecule has 0 saturated carbocycles. The lowest BCUT2D eigenvalue weighted by molar-refractivity contribution is -0.384. The number of methoxy groups -OCH3 is 3. The van der Waals surface area contributed by atoms with Crippen molar-refractivity contribution in [2.75, 3.05) is 33.2 Å². The van der Waals surface area contributed by atoms with Gasteiger partial charge in [0.2, 0.25) is 5.75 Å². The molecule has 1 N–H and O–H groups in total. The van der Waals surface area contributed by atoms with Gasteiger partial charge in [-0.25, -0.2) is 8.78 Å². The average molecular weight is 483 g/mol. The molecule has 3 aromatic rings. The molecule has 182 valence electrons. The van der Waals surface area contributed by atoms with E-state index in [1.54, 1.807) is 12.1 Å². The Morgan fingerprint density at radius 2 is 1.74 bits per heavy atom. The number of fused-ring (bicyclic) bond motifs is 1. The third-order valence-corrected chi connectivity index (χ3v) is 5.82. The molecule has 1 atom stereocenters. The molecule has 1 heterocycles. The van der Waals surface area contributed by atoms with Gasteiger partial charge < -0.3 is 19.5 Å². The number of nitrogens with one attached hydrogen (secondary N) is 1. The molecule has 1 unspecified atom stereocenters. The van der Waals surface area contributed by atoms with E-state index in [2.05, 4.69) is 10.3 Å². The smallest absolute Gasteiger partial charge is 0.269 e. The van der Waals surface area contributed by atoms with Crippen molar-refractivity contribution in [2.45, 2.75) is 12.3 Å². The molecule has 0 spiro atoms. The van der Waals surface area contributed by atoms with Crippen LogP contribution < -0.4 is 19.5 Å². The number of aliphatic imine (C=N–C) groups is 1. The molecule has 8 nitrogen and oxygen atoms in total. The first-order chi connectivity index (χ1) is 16.9. The van der Waals surface area contributed by atoms with E-state index in [0.717, 1.165) is 23.3 Å². The summed E-state index contributed by atoms with van der Waals surface area (Å²) in [4.78, 5) is 15.2. The number of nitrogens with zero attached hydrogens (tertiary/aromatic N) is 2. The van der Waals surface area contributed by atoms with Gasteiger partial charge in [0.05, 0.1) is 37.5 Å². The van der Waals surface area contributed by atoms with Crippen molar-refractivity contribution in [1.29, 1.82) is 0 Å². The van der Waals surface area contributed by atoms with Gasteiger partial charge in [-0.3, -0.25) is 15.1 Å². The zero-order chi connectivity index (χ0) is 25.1. The number of amidine groups is 1. The van der Waals surface area contributed by atoms with Crippen LogP contribution in [0.2, 0.25) is 0 Å². The summed E-state index contributed by atoms with van der Waals surface area (Å²) < 4.78 is 44.5.